The second-order valence-electron chi connectivity index (χ2n) is 6.06. The quantitative estimate of drug-likeness (QED) is 0.619. The Balaban J connectivity index is 1.66. The van der Waals surface area contributed by atoms with Gasteiger partial charge in [0.25, 0.3) is 5.56 Å². The molecule has 132 valence electrons. The summed E-state index contributed by atoms with van der Waals surface area (Å²) < 4.78 is 7.71. The Labute approximate surface area is 160 Å². The molecule has 0 amide bonds. The molecule has 2 aromatic carbocycles. The molecule has 26 heavy (non-hydrogen) atoms. The Hall–Kier alpha value is -2.24. The molecule has 4 rings (SSSR count). The van der Waals surface area contributed by atoms with Crippen molar-refractivity contribution >= 4 is 23.4 Å². The van der Waals surface area contributed by atoms with Crippen molar-refractivity contribution in [3.63, 3.8) is 0 Å². The molecular formula is C20H17ClN2O2S. The maximum absolute atomic E-state index is 13.0. The zero-order valence-electron chi connectivity index (χ0n) is 14.0. The minimum Gasteiger partial charge on any atom is -0.472 e. The smallest absolute Gasteiger partial charge is 0.261 e. The van der Waals surface area contributed by atoms with Gasteiger partial charge in [-0.1, -0.05) is 65.8 Å². The van der Waals surface area contributed by atoms with Crippen LogP contribution < -0.4 is 10.3 Å². The van der Waals surface area contributed by atoms with E-state index in [-0.39, 0.29) is 5.56 Å². The molecule has 1 aromatic heterocycles. The largest absolute Gasteiger partial charge is 0.472 e. The Morgan fingerprint density at radius 2 is 1.85 bits per heavy atom. The van der Waals surface area contributed by atoms with Crippen LogP contribution in [-0.4, -0.2) is 15.3 Å². The number of rotatable bonds is 5. The summed E-state index contributed by atoms with van der Waals surface area (Å²) in [6.07, 6.45) is 0.508. The number of nitrogens with zero attached hydrogens (tertiary/aromatic N) is 2. The molecular weight excluding hydrogens is 368 g/mol. The van der Waals surface area contributed by atoms with Gasteiger partial charge in [-0.25, -0.2) is 0 Å². The van der Waals surface area contributed by atoms with Gasteiger partial charge in [-0.3, -0.25) is 9.36 Å². The van der Waals surface area contributed by atoms with Crippen molar-refractivity contribution in [3.05, 3.63) is 86.7 Å². The van der Waals surface area contributed by atoms with Gasteiger partial charge in [0.1, 0.15) is 6.61 Å². The Bertz CT molecular complexity index is 972. The summed E-state index contributed by atoms with van der Waals surface area (Å²) in [4.78, 5) is 17.6. The van der Waals surface area contributed by atoms with Gasteiger partial charge in [-0.05, 0) is 23.3 Å². The minimum absolute atomic E-state index is 0.00467. The highest BCUT2D eigenvalue weighted by molar-refractivity contribution is 7.99. The second kappa shape index (κ2) is 7.56. The van der Waals surface area contributed by atoms with E-state index in [4.69, 9.17) is 16.3 Å². The fraction of sp³-hybridized carbons (Fsp3) is 0.200. The highest BCUT2D eigenvalue weighted by atomic mass is 35.5. The summed E-state index contributed by atoms with van der Waals surface area (Å²) >= 11 is 7.52. The summed E-state index contributed by atoms with van der Waals surface area (Å²) in [6.45, 7) is 1.05. The summed E-state index contributed by atoms with van der Waals surface area (Å²) in [6, 6.07) is 17.4. The van der Waals surface area contributed by atoms with Crippen molar-refractivity contribution in [2.45, 2.75) is 24.7 Å². The number of benzene rings is 2. The molecule has 1 aliphatic rings. The van der Waals surface area contributed by atoms with E-state index in [1.165, 1.54) is 0 Å². The molecule has 0 unspecified atom stereocenters. The molecule has 0 bridgehead atoms. The van der Waals surface area contributed by atoms with Gasteiger partial charge in [-0.2, -0.15) is 4.98 Å². The second-order valence-corrected chi connectivity index (χ2v) is 7.56. The van der Waals surface area contributed by atoms with Crippen LogP contribution >= 0.6 is 23.4 Å². The maximum Gasteiger partial charge on any atom is 0.261 e. The zero-order chi connectivity index (χ0) is 17.9. The molecule has 0 saturated heterocycles. The lowest BCUT2D eigenvalue weighted by Crippen LogP contribution is -2.25. The molecule has 0 atom stereocenters. The molecule has 0 aliphatic carbocycles. The fourth-order valence-corrected chi connectivity index (χ4v) is 3.95. The summed E-state index contributed by atoms with van der Waals surface area (Å²) in [5.74, 6) is 1.29. The van der Waals surface area contributed by atoms with E-state index in [1.807, 2.05) is 54.6 Å². The van der Waals surface area contributed by atoms with Crippen LogP contribution in [0, 0.1) is 0 Å². The van der Waals surface area contributed by atoms with Crippen molar-refractivity contribution < 1.29 is 4.74 Å². The Kier molecular flexibility index (Phi) is 5.00. The van der Waals surface area contributed by atoms with E-state index < -0.39 is 0 Å². The molecule has 2 heterocycles. The summed E-state index contributed by atoms with van der Waals surface area (Å²) in [5.41, 5.74) is 2.65. The van der Waals surface area contributed by atoms with Crippen molar-refractivity contribution in [2.75, 3.05) is 5.75 Å². The van der Waals surface area contributed by atoms with Gasteiger partial charge in [0.05, 0.1) is 5.56 Å². The van der Waals surface area contributed by atoms with Crippen LogP contribution in [0.2, 0.25) is 5.02 Å². The van der Waals surface area contributed by atoms with E-state index in [0.717, 1.165) is 22.0 Å². The first-order valence-electron chi connectivity index (χ1n) is 8.38. The van der Waals surface area contributed by atoms with Gasteiger partial charge in [0.2, 0.25) is 5.88 Å². The number of fused-ring (bicyclic) bond motifs is 1. The lowest BCUT2D eigenvalue weighted by atomic mass is 10.1. The van der Waals surface area contributed by atoms with Gasteiger partial charge < -0.3 is 4.74 Å². The van der Waals surface area contributed by atoms with Crippen molar-refractivity contribution in [1.82, 2.24) is 9.55 Å². The van der Waals surface area contributed by atoms with Crippen LogP contribution in [0.25, 0.3) is 0 Å². The third-order valence-corrected chi connectivity index (χ3v) is 5.46. The number of halogens is 1. The van der Waals surface area contributed by atoms with E-state index in [1.54, 1.807) is 16.3 Å². The topological polar surface area (TPSA) is 44.1 Å². The number of hydrogen-bond donors (Lipinski definition) is 0. The first kappa shape index (κ1) is 17.2. The van der Waals surface area contributed by atoms with Gasteiger partial charge in [0.15, 0.2) is 5.16 Å². The molecule has 0 spiro atoms. The van der Waals surface area contributed by atoms with Crippen LogP contribution in [0.1, 0.15) is 16.7 Å². The molecule has 0 N–H and O–H groups in total. The van der Waals surface area contributed by atoms with Gasteiger partial charge >= 0.3 is 0 Å². The van der Waals surface area contributed by atoms with Crippen LogP contribution in [0.5, 0.6) is 5.88 Å². The monoisotopic (exact) mass is 384 g/mol. The first-order chi connectivity index (χ1) is 12.7. The van der Waals surface area contributed by atoms with E-state index >= 15 is 0 Å². The van der Waals surface area contributed by atoms with Crippen LogP contribution in [0.3, 0.4) is 0 Å². The third kappa shape index (κ3) is 3.64. The standard InChI is InChI=1S/C20H17ClN2O2S/c21-16-8-6-15(7-9-16)13-25-18-17(12-14-4-2-1-3-5-14)19(24)23-10-11-26-20(23)22-18/h1-9H,10-13H2. The van der Waals surface area contributed by atoms with Crippen LogP contribution in [0.15, 0.2) is 64.5 Å². The summed E-state index contributed by atoms with van der Waals surface area (Å²) in [5, 5.41) is 1.42. The lowest BCUT2D eigenvalue weighted by molar-refractivity contribution is 0.284. The number of ether oxygens (including phenoxy) is 1. The van der Waals surface area contributed by atoms with Crippen molar-refractivity contribution in [1.29, 1.82) is 0 Å². The Morgan fingerprint density at radius 1 is 1.08 bits per heavy atom. The van der Waals surface area contributed by atoms with Crippen LogP contribution in [-0.2, 0) is 19.6 Å². The van der Waals surface area contributed by atoms with E-state index in [0.29, 0.717) is 36.0 Å². The molecule has 0 radical (unpaired) electrons. The average molecular weight is 385 g/mol. The van der Waals surface area contributed by atoms with Crippen LogP contribution in [0.4, 0.5) is 0 Å². The van der Waals surface area contributed by atoms with Crippen molar-refractivity contribution in [3.8, 4) is 5.88 Å². The van der Waals surface area contributed by atoms with E-state index in [2.05, 4.69) is 4.98 Å². The number of aromatic nitrogens is 2. The normalized spacial score (nSPS) is 12.8. The molecule has 0 fully saturated rings. The van der Waals surface area contributed by atoms with E-state index in [9.17, 15) is 4.79 Å². The van der Waals surface area contributed by atoms with Gasteiger partial charge in [-0.15, -0.1) is 0 Å². The number of thioether (sulfide) groups is 1. The average Bonchev–Trinajstić information content (AvgIpc) is 3.13. The van der Waals surface area contributed by atoms with Crippen molar-refractivity contribution in [2.24, 2.45) is 0 Å². The highest BCUT2D eigenvalue weighted by Gasteiger charge is 2.22. The fourth-order valence-electron chi connectivity index (χ4n) is 2.89. The molecule has 0 saturated carbocycles. The maximum atomic E-state index is 13.0. The molecule has 4 nitrogen and oxygen atoms in total. The third-order valence-electron chi connectivity index (χ3n) is 4.25. The van der Waals surface area contributed by atoms with Gasteiger partial charge in [0, 0.05) is 23.7 Å². The SMILES string of the molecule is O=c1c(Cc2ccccc2)c(OCc2ccc(Cl)cc2)nc2n1CCS2. The molecule has 1 aliphatic heterocycles. The predicted molar refractivity (Wildman–Crippen MR) is 104 cm³/mol. The molecule has 3 aromatic rings. The lowest BCUT2D eigenvalue weighted by Gasteiger charge is -2.13. The zero-order valence-corrected chi connectivity index (χ0v) is 15.6. The Morgan fingerprint density at radius 3 is 2.62 bits per heavy atom. The number of hydrogen-bond acceptors (Lipinski definition) is 4. The minimum atomic E-state index is -0.00467. The first-order valence-corrected chi connectivity index (χ1v) is 9.75. The predicted octanol–water partition coefficient (Wildman–Crippen LogP) is 4.17. The highest BCUT2D eigenvalue weighted by Crippen LogP contribution is 2.27. The molecule has 6 heteroatoms. The summed E-state index contributed by atoms with van der Waals surface area (Å²) in [7, 11) is 0.